The van der Waals surface area contributed by atoms with Crippen LogP contribution >= 0.6 is 0 Å². The van der Waals surface area contributed by atoms with Crippen LogP contribution in [-0.2, 0) is 11.4 Å². The molecule has 0 aliphatic carbocycles. The van der Waals surface area contributed by atoms with Crippen LogP contribution in [0.15, 0.2) is 24.3 Å². The molecule has 4 heteroatoms. The zero-order valence-corrected chi connectivity index (χ0v) is 11.2. The first kappa shape index (κ1) is 13.9. The Morgan fingerprint density at radius 1 is 1.11 bits per heavy atom. The molecule has 0 atom stereocenters. The van der Waals surface area contributed by atoms with Gasteiger partial charge in [0.2, 0.25) is 0 Å². The number of hydrogen-bond acceptors (Lipinski definition) is 3. The highest BCUT2D eigenvalue weighted by Crippen LogP contribution is 2.13. The van der Waals surface area contributed by atoms with E-state index in [9.17, 15) is 4.79 Å². The molecule has 0 bridgehead atoms. The average Bonchev–Trinajstić information content (AvgIpc) is 2.74. The first-order chi connectivity index (χ1) is 9.29. The Hall–Kier alpha value is -1.55. The van der Waals surface area contributed by atoms with Crippen molar-refractivity contribution in [1.29, 1.82) is 0 Å². The summed E-state index contributed by atoms with van der Waals surface area (Å²) in [5.41, 5.74) is 0.839. The van der Waals surface area contributed by atoms with Crippen LogP contribution in [0, 0.1) is 0 Å². The monoisotopic (exact) mass is 263 g/mol. The van der Waals surface area contributed by atoms with E-state index in [2.05, 4.69) is 0 Å². The Labute approximate surface area is 114 Å². The van der Waals surface area contributed by atoms with Gasteiger partial charge in [-0.05, 0) is 30.5 Å². The maximum Gasteiger partial charge on any atom is 0.260 e. The number of nitrogens with zero attached hydrogens (tertiary/aromatic N) is 1. The van der Waals surface area contributed by atoms with E-state index in [0.29, 0.717) is 5.75 Å². The Bertz CT molecular complexity index is 394. The molecule has 1 fully saturated rings. The van der Waals surface area contributed by atoms with Gasteiger partial charge in [-0.2, -0.15) is 0 Å². The van der Waals surface area contributed by atoms with E-state index in [1.165, 1.54) is 12.8 Å². The van der Waals surface area contributed by atoms with Crippen molar-refractivity contribution in [3.63, 3.8) is 0 Å². The van der Waals surface area contributed by atoms with Crippen molar-refractivity contribution in [2.75, 3.05) is 19.7 Å². The van der Waals surface area contributed by atoms with Gasteiger partial charge in [-0.3, -0.25) is 4.79 Å². The topological polar surface area (TPSA) is 49.8 Å². The molecule has 4 nitrogen and oxygen atoms in total. The predicted molar refractivity (Wildman–Crippen MR) is 72.9 cm³/mol. The second-order valence-electron chi connectivity index (χ2n) is 4.89. The second-order valence-corrected chi connectivity index (χ2v) is 4.89. The number of benzene rings is 1. The van der Waals surface area contributed by atoms with Crippen LogP contribution in [0.5, 0.6) is 5.75 Å². The summed E-state index contributed by atoms with van der Waals surface area (Å²) in [5, 5.41) is 8.94. The van der Waals surface area contributed by atoms with Crippen molar-refractivity contribution in [3.8, 4) is 5.75 Å². The van der Waals surface area contributed by atoms with Crippen LogP contribution in [0.2, 0.25) is 0 Å². The quantitative estimate of drug-likeness (QED) is 0.903. The van der Waals surface area contributed by atoms with Crippen LogP contribution in [0.25, 0.3) is 0 Å². The Morgan fingerprint density at radius 3 is 2.32 bits per heavy atom. The number of carbonyl (C=O) groups excluding carboxylic acids is 1. The van der Waals surface area contributed by atoms with Gasteiger partial charge in [0.05, 0.1) is 6.61 Å². The summed E-state index contributed by atoms with van der Waals surface area (Å²) < 4.78 is 5.49. The van der Waals surface area contributed by atoms with Gasteiger partial charge in [-0.15, -0.1) is 0 Å². The minimum Gasteiger partial charge on any atom is -0.484 e. The lowest BCUT2D eigenvalue weighted by molar-refractivity contribution is -0.133. The van der Waals surface area contributed by atoms with E-state index in [0.717, 1.165) is 31.5 Å². The fourth-order valence-corrected chi connectivity index (χ4v) is 2.25. The van der Waals surface area contributed by atoms with Crippen molar-refractivity contribution in [2.24, 2.45) is 0 Å². The Morgan fingerprint density at radius 2 is 1.74 bits per heavy atom. The van der Waals surface area contributed by atoms with Gasteiger partial charge in [-0.1, -0.05) is 25.0 Å². The Balaban J connectivity index is 1.81. The molecule has 2 rings (SSSR count). The summed E-state index contributed by atoms with van der Waals surface area (Å²) in [6.45, 7) is 1.82. The molecule has 0 spiro atoms. The maximum atomic E-state index is 12.0. The zero-order chi connectivity index (χ0) is 13.5. The highest BCUT2D eigenvalue weighted by Gasteiger charge is 2.15. The smallest absolute Gasteiger partial charge is 0.260 e. The van der Waals surface area contributed by atoms with Crippen LogP contribution < -0.4 is 4.74 Å². The molecule has 104 valence electrons. The summed E-state index contributed by atoms with van der Waals surface area (Å²) in [4.78, 5) is 13.9. The first-order valence-corrected chi connectivity index (χ1v) is 6.90. The molecule has 0 aromatic heterocycles. The Kier molecular flexibility index (Phi) is 5.21. The van der Waals surface area contributed by atoms with E-state index in [1.54, 1.807) is 24.3 Å². The lowest BCUT2D eigenvalue weighted by Crippen LogP contribution is -2.35. The third kappa shape index (κ3) is 4.24. The molecule has 1 saturated heterocycles. The molecular weight excluding hydrogens is 242 g/mol. The average molecular weight is 263 g/mol. The number of aliphatic hydroxyl groups is 1. The number of amides is 1. The standard InChI is InChI=1S/C15H21NO3/c17-11-13-5-7-14(8-6-13)19-12-15(18)16-9-3-1-2-4-10-16/h5-8,17H,1-4,9-12H2. The summed E-state index contributed by atoms with van der Waals surface area (Å²) in [6, 6.07) is 7.15. The molecule has 0 radical (unpaired) electrons. The molecule has 1 aromatic rings. The molecule has 1 aliphatic heterocycles. The highest BCUT2D eigenvalue weighted by molar-refractivity contribution is 5.77. The first-order valence-electron chi connectivity index (χ1n) is 6.90. The van der Waals surface area contributed by atoms with E-state index in [4.69, 9.17) is 9.84 Å². The van der Waals surface area contributed by atoms with Crippen molar-refractivity contribution in [3.05, 3.63) is 29.8 Å². The fourth-order valence-electron chi connectivity index (χ4n) is 2.25. The van der Waals surface area contributed by atoms with Crippen molar-refractivity contribution >= 4 is 5.91 Å². The van der Waals surface area contributed by atoms with E-state index in [-0.39, 0.29) is 19.1 Å². The normalized spacial score (nSPS) is 15.9. The van der Waals surface area contributed by atoms with Crippen molar-refractivity contribution in [2.45, 2.75) is 32.3 Å². The molecule has 1 aromatic carbocycles. The molecular formula is C15H21NO3. The molecule has 1 aliphatic rings. The van der Waals surface area contributed by atoms with E-state index in [1.807, 2.05) is 4.90 Å². The third-order valence-electron chi connectivity index (χ3n) is 3.43. The summed E-state index contributed by atoms with van der Waals surface area (Å²) in [6.07, 6.45) is 4.62. The third-order valence-corrected chi connectivity index (χ3v) is 3.43. The number of carbonyl (C=O) groups is 1. The SMILES string of the molecule is O=C(COc1ccc(CO)cc1)N1CCCCCC1. The second kappa shape index (κ2) is 7.14. The number of ether oxygens (including phenoxy) is 1. The summed E-state index contributed by atoms with van der Waals surface area (Å²) >= 11 is 0. The largest absolute Gasteiger partial charge is 0.484 e. The van der Waals surface area contributed by atoms with Gasteiger partial charge in [0.1, 0.15) is 5.75 Å². The summed E-state index contributed by atoms with van der Waals surface area (Å²) in [5.74, 6) is 0.730. The van der Waals surface area contributed by atoms with Gasteiger partial charge >= 0.3 is 0 Å². The fraction of sp³-hybridized carbons (Fsp3) is 0.533. The van der Waals surface area contributed by atoms with Gasteiger partial charge in [-0.25, -0.2) is 0 Å². The lowest BCUT2D eigenvalue weighted by atomic mass is 10.2. The van der Waals surface area contributed by atoms with Crippen LogP contribution in [-0.4, -0.2) is 35.6 Å². The predicted octanol–water partition coefficient (Wildman–Crippen LogP) is 1.96. The molecule has 0 saturated carbocycles. The molecule has 1 N–H and O–H groups in total. The lowest BCUT2D eigenvalue weighted by Gasteiger charge is -2.20. The highest BCUT2D eigenvalue weighted by atomic mass is 16.5. The van der Waals surface area contributed by atoms with Gasteiger partial charge in [0, 0.05) is 13.1 Å². The molecule has 0 unspecified atom stereocenters. The molecule has 19 heavy (non-hydrogen) atoms. The van der Waals surface area contributed by atoms with Crippen LogP contribution in [0.4, 0.5) is 0 Å². The van der Waals surface area contributed by atoms with E-state index < -0.39 is 0 Å². The zero-order valence-electron chi connectivity index (χ0n) is 11.2. The number of rotatable bonds is 4. The van der Waals surface area contributed by atoms with Crippen LogP contribution in [0.3, 0.4) is 0 Å². The minimum atomic E-state index is 0.0208. The maximum absolute atomic E-state index is 12.0. The van der Waals surface area contributed by atoms with Gasteiger partial charge in [0.25, 0.3) is 5.91 Å². The molecule has 1 heterocycles. The van der Waals surface area contributed by atoms with Crippen molar-refractivity contribution in [1.82, 2.24) is 4.90 Å². The number of hydrogen-bond donors (Lipinski definition) is 1. The van der Waals surface area contributed by atoms with Crippen LogP contribution in [0.1, 0.15) is 31.2 Å². The minimum absolute atomic E-state index is 0.0208. The number of aliphatic hydroxyl groups excluding tert-OH is 1. The molecule has 1 amide bonds. The van der Waals surface area contributed by atoms with Gasteiger partial charge < -0.3 is 14.7 Å². The van der Waals surface area contributed by atoms with Gasteiger partial charge in [0.15, 0.2) is 6.61 Å². The van der Waals surface area contributed by atoms with E-state index >= 15 is 0 Å². The number of likely N-dealkylation sites (tertiary alicyclic amines) is 1. The summed E-state index contributed by atoms with van der Waals surface area (Å²) in [7, 11) is 0. The van der Waals surface area contributed by atoms with Crippen molar-refractivity contribution < 1.29 is 14.6 Å².